The summed E-state index contributed by atoms with van der Waals surface area (Å²) < 4.78 is 26.2. The van der Waals surface area contributed by atoms with Crippen molar-refractivity contribution in [1.29, 1.82) is 0 Å². The number of hydrogen-bond donors (Lipinski definition) is 0. The van der Waals surface area contributed by atoms with E-state index in [0.717, 1.165) is 11.1 Å². The lowest BCUT2D eigenvalue weighted by molar-refractivity contribution is 0.586. The van der Waals surface area contributed by atoms with E-state index in [1.807, 2.05) is 6.92 Å². The molecule has 102 valence electrons. The first-order valence-corrected chi connectivity index (χ1v) is 8.15. The van der Waals surface area contributed by atoms with Crippen LogP contribution in [0.2, 0.25) is 0 Å². The van der Waals surface area contributed by atoms with Crippen LogP contribution in [0.4, 0.5) is 0 Å². The Morgan fingerprint density at radius 3 is 2.21 bits per heavy atom. The first-order chi connectivity index (χ1) is 9.00. The summed E-state index contributed by atoms with van der Waals surface area (Å²) in [6, 6.07) is 8.38. The highest BCUT2D eigenvalue weighted by Gasteiger charge is 2.21. The van der Waals surface area contributed by atoms with Crippen molar-refractivity contribution >= 4 is 33.2 Å². The first kappa shape index (κ1) is 14.4. The number of rotatable bonds is 4. The van der Waals surface area contributed by atoms with Gasteiger partial charge in [-0.05, 0) is 30.7 Å². The van der Waals surface area contributed by atoms with Crippen molar-refractivity contribution in [2.45, 2.75) is 23.6 Å². The monoisotopic (exact) mass is 317 g/mol. The average molecular weight is 318 g/mol. The maximum absolute atomic E-state index is 12.5. The summed E-state index contributed by atoms with van der Waals surface area (Å²) in [5.74, 6) is 0.332. The van der Waals surface area contributed by atoms with Crippen LogP contribution >= 0.6 is 23.2 Å². The van der Waals surface area contributed by atoms with Crippen molar-refractivity contribution in [2.24, 2.45) is 0 Å². The summed E-state index contributed by atoms with van der Waals surface area (Å²) in [4.78, 5) is 0.237. The number of nitrogens with zero attached hydrogens (tertiary/aromatic N) is 1. The predicted molar refractivity (Wildman–Crippen MR) is 77.3 cm³/mol. The third kappa shape index (κ3) is 2.66. The smallest absolute Gasteiger partial charge is 0.244 e. The van der Waals surface area contributed by atoms with Crippen molar-refractivity contribution in [3.8, 4) is 0 Å². The van der Waals surface area contributed by atoms with Gasteiger partial charge in [-0.15, -0.1) is 23.2 Å². The molecule has 0 aliphatic carbocycles. The van der Waals surface area contributed by atoms with Crippen LogP contribution in [0, 0.1) is 6.92 Å². The quantitative estimate of drug-likeness (QED) is 0.809. The minimum Gasteiger partial charge on any atom is -0.244 e. The molecule has 1 aromatic heterocycles. The number of alkyl halides is 2. The van der Waals surface area contributed by atoms with Gasteiger partial charge < -0.3 is 0 Å². The SMILES string of the molecule is Cc1ccc(S(=O)(=O)n2ccc(CCl)c2CCl)cc1. The highest BCUT2D eigenvalue weighted by molar-refractivity contribution is 7.90. The van der Waals surface area contributed by atoms with Gasteiger partial charge in [-0.2, -0.15) is 0 Å². The lowest BCUT2D eigenvalue weighted by atomic mass is 10.2. The molecule has 0 atom stereocenters. The summed E-state index contributed by atoms with van der Waals surface area (Å²) in [5.41, 5.74) is 2.25. The molecular weight excluding hydrogens is 305 g/mol. The number of hydrogen-bond acceptors (Lipinski definition) is 2. The molecular formula is C13H13Cl2NO2S. The molecule has 0 unspecified atom stereocenters. The van der Waals surface area contributed by atoms with E-state index >= 15 is 0 Å². The maximum Gasteiger partial charge on any atom is 0.267 e. The van der Waals surface area contributed by atoms with Crippen LogP contribution in [-0.4, -0.2) is 12.4 Å². The van der Waals surface area contributed by atoms with E-state index in [1.54, 1.807) is 30.3 Å². The Morgan fingerprint density at radius 2 is 1.68 bits per heavy atom. The zero-order valence-corrected chi connectivity index (χ0v) is 12.6. The fraction of sp³-hybridized carbons (Fsp3) is 0.231. The van der Waals surface area contributed by atoms with E-state index in [1.165, 1.54) is 10.2 Å². The molecule has 0 saturated carbocycles. The third-order valence-electron chi connectivity index (χ3n) is 2.90. The molecule has 0 radical (unpaired) electrons. The zero-order chi connectivity index (χ0) is 14.0. The number of aryl methyl sites for hydroxylation is 1. The summed E-state index contributed by atoms with van der Waals surface area (Å²) in [6.07, 6.45) is 1.49. The lowest BCUT2D eigenvalue weighted by Gasteiger charge is -2.10. The molecule has 0 aliphatic rings. The third-order valence-corrected chi connectivity index (χ3v) is 5.17. The molecule has 0 fully saturated rings. The van der Waals surface area contributed by atoms with Gasteiger partial charge in [-0.1, -0.05) is 17.7 Å². The molecule has 0 bridgehead atoms. The van der Waals surface area contributed by atoms with Crippen LogP contribution < -0.4 is 0 Å². The molecule has 0 amide bonds. The largest absolute Gasteiger partial charge is 0.267 e. The maximum atomic E-state index is 12.5. The normalized spacial score (nSPS) is 11.7. The fourth-order valence-electron chi connectivity index (χ4n) is 1.80. The fourth-order valence-corrected chi connectivity index (χ4v) is 3.82. The highest BCUT2D eigenvalue weighted by atomic mass is 35.5. The van der Waals surface area contributed by atoms with Gasteiger partial charge >= 0.3 is 0 Å². The molecule has 2 aromatic rings. The van der Waals surface area contributed by atoms with Crippen LogP contribution in [0.5, 0.6) is 0 Å². The molecule has 0 aliphatic heterocycles. The summed E-state index contributed by atoms with van der Waals surface area (Å²) in [5, 5.41) is 0. The van der Waals surface area contributed by atoms with Crippen molar-refractivity contribution < 1.29 is 8.42 Å². The molecule has 1 aromatic carbocycles. The minimum absolute atomic E-state index is 0.0974. The molecule has 0 spiro atoms. The van der Waals surface area contributed by atoms with Crippen LogP contribution in [0.15, 0.2) is 41.4 Å². The van der Waals surface area contributed by atoms with Crippen LogP contribution in [0.3, 0.4) is 0 Å². The average Bonchev–Trinajstić information content (AvgIpc) is 2.82. The lowest BCUT2D eigenvalue weighted by Crippen LogP contribution is -2.14. The van der Waals surface area contributed by atoms with Crippen molar-refractivity contribution in [2.75, 3.05) is 0 Å². The predicted octanol–water partition coefficient (Wildman–Crippen LogP) is 3.51. The molecule has 0 saturated heterocycles. The van der Waals surface area contributed by atoms with Crippen molar-refractivity contribution in [1.82, 2.24) is 3.97 Å². The summed E-state index contributed by atoms with van der Waals surface area (Å²) >= 11 is 11.6. The molecule has 6 heteroatoms. The molecule has 1 heterocycles. The van der Waals surface area contributed by atoms with E-state index in [-0.39, 0.29) is 16.7 Å². The standard InChI is InChI=1S/C13H13Cl2NO2S/c1-10-2-4-12(5-3-10)19(17,18)16-7-6-11(8-14)13(16)9-15/h2-7H,8-9H2,1H3. The molecule has 19 heavy (non-hydrogen) atoms. The van der Waals surface area contributed by atoms with Crippen molar-refractivity contribution in [3.63, 3.8) is 0 Å². The zero-order valence-electron chi connectivity index (χ0n) is 10.3. The minimum atomic E-state index is -3.61. The van der Waals surface area contributed by atoms with Crippen LogP contribution in [-0.2, 0) is 21.8 Å². The number of benzene rings is 1. The Hall–Kier alpha value is -0.970. The number of halogens is 2. The van der Waals surface area contributed by atoms with Crippen molar-refractivity contribution in [3.05, 3.63) is 53.3 Å². The first-order valence-electron chi connectivity index (χ1n) is 5.64. The number of aromatic nitrogens is 1. The van der Waals surface area contributed by atoms with Gasteiger partial charge in [0.25, 0.3) is 10.0 Å². The van der Waals surface area contributed by atoms with Gasteiger partial charge in [-0.25, -0.2) is 12.4 Å². The Labute approximate surface area is 122 Å². The molecule has 2 rings (SSSR count). The Kier molecular flexibility index (Phi) is 4.23. The second-order valence-electron chi connectivity index (χ2n) is 4.17. The summed E-state index contributed by atoms with van der Waals surface area (Å²) in [6.45, 7) is 1.90. The van der Waals surface area contributed by atoms with Gasteiger partial charge in [0.2, 0.25) is 0 Å². The van der Waals surface area contributed by atoms with E-state index in [0.29, 0.717) is 5.69 Å². The van der Waals surface area contributed by atoms with Gasteiger partial charge in [0, 0.05) is 12.1 Å². The van der Waals surface area contributed by atoms with Crippen LogP contribution in [0.25, 0.3) is 0 Å². The Balaban J connectivity index is 2.56. The second-order valence-corrected chi connectivity index (χ2v) is 6.52. The van der Waals surface area contributed by atoms with E-state index < -0.39 is 10.0 Å². The highest BCUT2D eigenvalue weighted by Crippen LogP contribution is 2.22. The molecule has 0 N–H and O–H groups in total. The van der Waals surface area contributed by atoms with Gasteiger partial charge in [-0.3, -0.25) is 0 Å². The van der Waals surface area contributed by atoms with E-state index in [2.05, 4.69) is 0 Å². The van der Waals surface area contributed by atoms with E-state index in [4.69, 9.17) is 23.2 Å². The van der Waals surface area contributed by atoms with Gasteiger partial charge in [0.05, 0.1) is 16.5 Å². The Morgan fingerprint density at radius 1 is 1.05 bits per heavy atom. The topological polar surface area (TPSA) is 39.1 Å². The van der Waals surface area contributed by atoms with Crippen LogP contribution in [0.1, 0.15) is 16.8 Å². The molecule has 3 nitrogen and oxygen atoms in total. The second kappa shape index (κ2) is 5.57. The Bertz CT molecular complexity index is 675. The van der Waals surface area contributed by atoms with E-state index in [9.17, 15) is 8.42 Å². The van der Waals surface area contributed by atoms with Gasteiger partial charge in [0.15, 0.2) is 0 Å². The summed E-state index contributed by atoms with van der Waals surface area (Å²) in [7, 11) is -3.61. The van der Waals surface area contributed by atoms with Gasteiger partial charge in [0.1, 0.15) is 0 Å².